The van der Waals surface area contributed by atoms with Crippen molar-refractivity contribution in [3.8, 4) is 23.1 Å². The van der Waals surface area contributed by atoms with Crippen LogP contribution in [0.25, 0.3) is 17.4 Å². The zero-order chi connectivity index (χ0) is 20.8. The first-order chi connectivity index (χ1) is 14.0. The highest BCUT2D eigenvalue weighted by molar-refractivity contribution is 6.42. The van der Waals surface area contributed by atoms with Crippen molar-refractivity contribution in [2.45, 2.75) is 6.54 Å². The Kier molecular flexibility index (Phi) is 6.61. The third-order valence-corrected chi connectivity index (χ3v) is 4.83. The highest BCUT2D eigenvalue weighted by Gasteiger charge is 2.11. The third kappa shape index (κ3) is 5.20. The molecule has 7 heteroatoms. The minimum absolute atomic E-state index is 0.0615. The summed E-state index contributed by atoms with van der Waals surface area (Å²) in [7, 11) is 1.59. The van der Waals surface area contributed by atoms with Crippen LogP contribution in [0.5, 0.6) is 5.75 Å². The largest absolute Gasteiger partial charge is 0.497 e. The van der Waals surface area contributed by atoms with Crippen molar-refractivity contribution in [1.82, 2.24) is 5.32 Å². The first-order valence-corrected chi connectivity index (χ1v) is 9.34. The fraction of sp³-hybridized carbons (Fsp3) is 0.0909. The van der Waals surface area contributed by atoms with E-state index in [1.54, 1.807) is 49.6 Å². The van der Waals surface area contributed by atoms with Crippen molar-refractivity contribution in [2.75, 3.05) is 7.11 Å². The fourth-order valence-corrected chi connectivity index (χ4v) is 2.84. The van der Waals surface area contributed by atoms with Crippen LogP contribution >= 0.6 is 23.2 Å². The summed E-state index contributed by atoms with van der Waals surface area (Å²) in [4.78, 5) is 12.3. The minimum atomic E-state index is -0.490. The number of hydrogen-bond acceptors (Lipinski definition) is 4. The van der Waals surface area contributed by atoms with Gasteiger partial charge in [-0.25, -0.2) is 0 Å². The van der Waals surface area contributed by atoms with Gasteiger partial charge in [0.2, 0.25) is 0 Å². The lowest BCUT2D eigenvalue weighted by molar-refractivity contribution is -0.117. The molecule has 0 atom stereocenters. The van der Waals surface area contributed by atoms with Gasteiger partial charge >= 0.3 is 0 Å². The standard InChI is InChI=1S/C22H16Cl2N2O3/c1-28-17-5-2-14(3-6-17)13-26-22(27)16(12-25)10-18-7-9-21(29-18)15-4-8-19(23)20(24)11-15/h2-11H,13H2,1H3,(H,26,27)/b16-10+. The van der Waals surface area contributed by atoms with Crippen LogP contribution in [0.3, 0.4) is 0 Å². The number of nitrogens with one attached hydrogen (secondary N) is 1. The number of amides is 1. The Morgan fingerprint density at radius 1 is 1.14 bits per heavy atom. The molecular formula is C22H16Cl2N2O3. The van der Waals surface area contributed by atoms with Gasteiger partial charge in [0.05, 0.1) is 17.2 Å². The van der Waals surface area contributed by atoms with Crippen LogP contribution in [0.4, 0.5) is 0 Å². The molecule has 0 saturated heterocycles. The first-order valence-electron chi connectivity index (χ1n) is 8.58. The molecule has 3 aromatic rings. The lowest BCUT2D eigenvalue weighted by Gasteiger charge is -2.05. The Morgan fingerprint density at radius 3 is 2.55 bits per heavy atom. The molecule has 2 aromatic carbocycles. The summed E-state index contributed by atoms with van der Waals surface area (Å²) in [6, 6.07) is 17.7. The Hall–Kier alpha value is -3.20. The van der Waals surface area contributed by atoms with E-state index >= 15 is 0 Å². The second-order valence-corrected chi connectivity index (χ2v) is 6.85. The molecule has 0 saturated carbocycles. The molecule has 0 aliphatic heterocycles. The lowest BCUT2D eigenvalue weighted by atomic mass is 10.2. The van der Waals surface area contributed by atoms with Gasteiger partial charge in [0.1, 0.15) is 28.9 Å². The summed E-state index contributed by atoms with van der Waals surface area (Å²) in [6.45, 7) is 0.286. The predicted molar refractivity (Wildman–Crippen MR) is 113 cm³/mol. The summed E-state index contributed by atoms with van der Waals surface area (Å²) >= 11 is 12.0. The van der Waals surface area contributed by atoms with Crippen molar-refractivity contribution >= 4 is 35.2 Å². The molecule has 1 N–H and O–H groups in total. The van der Waals surface area contributed by atoms with Gasteiger partial charge in [0, 0.05) is 18.2 Å². The van der Waals surface area contributed by atoms with E-state index in [1.165, 1.54) is 6.08 Å². The van der Waals surface area contributed by atoms with Crippen molar-refractivity contribution in [1.29, 1.82) is 5.26 Å². The summed E-state index contributed by atoms with van der Waals surface area (Å²) in [5, 5.41) is 12.9. The van der Waals surface area contributed by atoms with Crippen LogP contribution < -0.4 is 10.1 Å². The molecule has 1 heterocycles. The van der Waals surface area contributed by atoms with Crippen molar-refractivity contribution < 1.29 is 13.9 Å². The predicted octanol–water partition coefficient (Wildman–Crippen LogP) is 5.49. The number of ether oxygens (including phenoxy) is 1. The molecule has 0 fully saturated rings. The van der Waals surface area contributed by atoms with Crippen LogP contribution in [-0.4, -0.2) is 13.0 Å². The summed E-state index contributed by atoms with van der Waals surface area (Å²) in [6.07, 6.45) is 1.39. The molecule has 0 aliphatic rings. The molecule has 1 aromatic heterocycles. The molecule has 146 valence electrons. The van der Waals surface area contributed by atoms with E-state index in [0.29, 0.717) is 21.6 Å². The zero-order valence-corrected chi connectivity index (χ0v) is 16.9. The monoisotopic (exact) mass is 426 g/mol. The van der Waals surface area contributed by atoms with E-state index in [2.05, 4.69) is 5.32 Å². The van der Waals surface area contributed by atoms with E-state index in [9.17, 15) is 10.1 Å². The number of halogens is 2. The molecule has 0 unspecified atom stereocenters. The molecule has 1 amide bonds. The Bertz CT molecular complexity index is 1100. The van der Waals surface area contributed by atoms with Gasteiger partial charge < -0.3 is 14.5 Å². The number of furan rings is 1. The highest BCUT2D eigenvalue weighted by Crippen LogP contribution is 2.30. The Morgan fingerprint density at radius 2 is 1.90 bits per heavy atom. The van der Waals surface area contributed by atoms with E-state index in [-0.39, 0.29) is 12.1 Å². The van der Waals surface area contributed by atoms with E-state index in [1.807, 2.05) is 18.2 Å². The van der Waals surface area contributed by atoms with Gasteiger partial charge in [-0.1, -0.05) is 35.3 Å². The maximum Gasteiger partial charge on any atom is 0.262 e. The number of rotatable bonds is 6. The van der Waals surface area contributed by atoms with Crippen LogP contribution in [0, 0.1) is 11.3 Å². The normalized spacial score (nSPS) is 11.0. The van der Waals surface area contributed by atoms with Crippen LogP contribution in [0.1, 0.15) is 11.3 Å². The number of benzene rings is 2. The van der Waals surface area contributed by atoms with Crippen molar-refractivity contribution in [3.63, 3.8) is 0 Å². The van der Waals surface area contributed by atoms with Crippen LogP contribution in [-0.2, 0) is 11.3 Å². The van der Waals surface area contributed by atoms with Gasteiger partial charge in [-0.15, -0.1) is 0 Å². The molecule has 3 rings (SSSR count). The topological polar surface area (TPSA) is 75.3 Å². The lowest BCUT2D eigenvalue weighted by Crippen LogP contribution is -2.23. The van der Waals surface area contributed by atoms with Gasteiger partial charge in [0.15, 0.2) is 0 Å². The third-order valence-electron chi connectivity index (χ3n) is 4.09. The number of carbonyl (C=O) groups is 1. The Balaban J connectivity index is 1.70. The zero-order valence-electron chi connectivity index (χ0n) is 15.4. The molecule has 0 radical (unpaired) electrons. The Labute approximate surface area is 178 Å². The van der Waals surface area contributed by atoms with E-state index in [4.69, 9.17) is 32.4 Å². The number of methoxy groups -OCH3 is 1. The summed E-state index contributed by atoms with van der Waals surface area (Å²) in [5.41, 5.74) is 1.56. The molecule has 0 aliphatic carbocycles. The average Bonchev–Trinajstić information content (AvgIpc) is 3.21. The number of hydrogen-bond donors (Lipinski definition) is 1. The molecule has 5 nitrogen and oxygen atoms in total. The van der Waals surface area contributed by atoms with Gasteiger partial charge in [-0.2, -0.15) is 5.26 Å². The average molecular weight is 427 g/mol. The number of carbonyl (C=O) groups excluding carboxylic acids is 1. The highest BCUT2D eigenvalue weighted by atomic mass is 35.5. The first kappa shape index (κ1) is 20.5. The van der Waals surface area contributed by atoms with Gasteiger partial charge in [0.25, 0.3) is 5.91 Å². The molecule has 0 bridgehead atoms. The number of nitrogens with zero attached hydrogens (tertiary/aromatic N) is 1. The summed E-state index contributed by atoms with van der Waals surface area (Å²) in [5.74, 6) is 1.16. The minimum Gasteiger partial charge on any atom is -0.497 e. The number of nitriles is 1. The van der Waals surface area contributed by atoms with E-state index in [0.717, 1.165) is 16.9 Å². The maximum absolute atomic E-state index is 12.3. The fourth-order valence-electron chi connectivity index (χ4n) is 2.55. The smallest absolute Gasteiger partial charge is 0.262 e. The second kappa shape index (κ2) is 9.33. The molecule has 0 spiro atoms. The van der Waals surface area contributed by atoms with Crippen molar-refractivity contribution in [3.05, 3.63) is 81.5 Å². The quantitative estimate of drug-likeness (QED) is 0.417. The van der Waals surface area contributed by atoms with Crippen molar-refractivity contribution in [2.24, 2.45) is 0 Å². The second-order valence-electron chi connectivity index (χ2n) is 6.03. The summed E-state index contributed by atoms with van der Waals surface area (Å²) < 4.78 is 10.8. The maximum atomic E-state index is 12.3. The van der Waals surface area contributed by atoms with Crippen LogP contribution in [0.15, 0.2) is 64.6 Å². The van der Waals surface area contributed by atoms with Gasteiger partial charge in [-0.3, -0.25) is 4.79 Å². The van der Waals surface area contributed by atoms with Gasteiger partial charge in [-0.05, 0) is 48.0 Å². The molecular weight excluding hydrogens is 411 g/mol. The van der Waals surface area contributed by atoms with Crippen LogP contribution in [0.2, 0.25) is 10.0 Å². The SMILES string of the molecule is COc1ccc(CNC(=O)/C(C#N)=C/c2ccc(-c3ccc(Cl)c(Cl)c3)o2)cc1. The van der Waals surface area contributed by atoms with E-state index < -0.39 is 5.91 Å². The molecule has 29 heavy (non-hydrogen) atoms.